The summed E-state index contributed by atoms with van der Waals surface area (Å²) in [6.45, 7) is 4.26. The first kappa shape index (κ1) is 13.3. The molecule has 0 aliphatic rings. The third-order valence-corrected chi connectivity index (χ3v) is 2.82. The van der Waals surface area contributed by atoms with E-state index in [4.69, 9.17) is 0 Å². The predicted octanol–water partition coefficient (Wildman–Crippen LogP) is 1.75. The van der Waals surface area contributed by atoms with Crippen molar-refractivity contribution in [2.75, 3.05) is 0 Å². The van der Waals surface area contributed by atoms with Crippen LogP contribution < -0.4 is 5.32 Å². The van der Waals surface area contributed by atoms with Crippen molar-refractivity contribution in [2.24, 2.45) is 13.0 Å². The van der Waals surface area contributed by atoms with Crippen molar-refractivity contribution in [1.29, 1.82) is 0 Å². The number of hydrogen-bond acceptors (Lipinski definition) is 3. The Hall–Kier alpha value is -2.17. The monoisotopic (exact) mass is 258 g/mol. The molecular formula is C14H18N4O. The molecule has 0 fully saturated rings. The topological polar surface area (TPSA) is 59.8 Å². The van der Waals surface area contributed by atoms with E-state index in [2.05, 4.69) is 15.4 Å². The summed E-state index contributed by atoms with van der Waals surface area (Å²) >= 11 is 0. The van der Waals surface area contributed by atoms with E-state index < -0.39 is 0 Å². The van der Waals surface area contributed by atoms with Gasteiger partial charge in [0, 0.05) is 37.5 Å². The largest absolute Gasteiger partial charge is 0.352 e. The Morgan fingerprint density at radius 1 is 1.37 bits per heavy atom. The maximum Gasteiger partial charge on any atom is 0.222 e. The summed E-state index contributed by atoms with van der Waals surface area (Å²) < 4.78 is 1.74. The number of aryl methyl sites for hydroxylation is 1. The first-order valence-electron chi connectivity index (χ1n) is 6.28. The lowest BCUT2D eigenvalue weighted by atomic mass is 10.2. The van der Waals surface area contributed by atoms with E-state index in [0.717, 1.165) is 16.8 Å². The second kappa shape index (κ2) is 5.65. The summed E-state index contributed by atoms with van der Waals surface area (Å²) in [5.74, 6) is 0.0546. The highest BCUT2D eigenvalue weighted by atomic mass is 16.1. The van der Waals surface area contributed by atoms with Crippen LogP contribution in [0.3, 0.4) is 0 Å². The Kier molecular flexibility index (Phi) is 3.94. The zero-order valence-corrected chi connectivity index (χ0v) is 11.4. The van der Waals surface area contributed by atoms with Gasteiger partial charge in [-0.25, -0.2) is 0 Å². The number of nitrogens with zero attached hydrogens (tertiary/aromatic N) is 3. The molecule has 2 aromatic heterocycles. The molecule has 0 spiro atoms. The molecule has 0 aliphatic heterocycles. The molecule has 2 aromatic rings. The van der Waals surface area contributed by atoms with Gasteiger partial charge in [-0.05, 0) is 11.6 Å². The Balaban J connectivity index is 2.01. The molecule has 0 aromatic carbocycles. The van der Waals surface area contributed by atoms with E-state index in [9.17, 15) is 4.79 Å². The number of amides is 1. The Morgan fingerprint density at radius 3 is 2.68 bits per heavy atom. The molecule has 0 aliphatic carbocycles. The second-order valence-electron chi connectivity index (χ2n) is 4.83. The molecule has 0 bridgehead atoms. The van der Waals surface area contributed by atoms with Crippen molar-refractivity contribution in [3.05, 3.63) is 36.3 Å². The van der Waals surface area contributed by atoms with Crippen molar-refractivity contribution in [2.45, 2.75) is 20.4 Å². The average Bonchev–Trinajstić information content (AvgIpc) is 2.83. The third kappa shape index (κ3) is 3.40. The highest BCUT2D eigenvalue weighted by Gasteiger charge is 2.06. The predicted molar refractivity (Wildman–Crippen MR) is 73.1 cm³/mol. The minimum Gasteiger partial charge on any atom is -0.352 e. The Morgan fingerprint density at radius 2 is 2.16 bits per heavy atom. The van der Waals surface area contributed by atoms with Crippen LogP contribution in [0.5, 0.6) is 0 Å². The summed E-state index contributed by atoms with van der Waals surface area (Å²) in [4.78, 5) is 15.8. The van der Waals surface area contributed by atoms with Crippen LogP contribution in [-0.2, 0) is 18.4 Å². The standard InChI is InChI=1S/C14H18N4O/c1-10(2)14(19)16-7-11-4-5-13(15-6-11)12-8-17-18(3)9-12/h4-6,8-10H,7H2,1-3H3,(H,16,19). The first-order valence-corrected chi connectivity index (χ1v) is 6.28. The van der Waals surface area contributed by atoms with Crippen LogP contribution in [0.4, 0.5) is 0 Å². The van der Waals surface area contributed by atoms with E-state index in [-0.39, 0.29) is 11.8 Å². The zero-order chi connectivity index (χ0) is 13.8. The van der Waals surface area contributed by atoms with Crippen LogP contribution in [-0.4, -0.2) is 20.7 Å². The lowest BCUT2D eigenvalue weighted by molar-refractivity contribution is -0.124. The number of carbonyl (C=O) groups excluding carboxylic acids is 1. The Labute approximate surface area is 112 Å². The fourth-order valence-corrected chi connectivity index (χ4v) is 1.65. The molecule has 0 atom stereocenters. The number of hydrogen-bond donors (Lipinski definition) is 1. The smallest absolute Gasteiger partial charge is 0.222 e. The van der Waals surface area contributed by atoms with E-state index in [1.54, 1.807) is 17.1 Å². The summed E-state index contributed by atoms with van der Waals surface area (Å²) in [6.07, 6.45) is 5.48. The number of aromatic nitrogens is 3. The van der Waals surface area contributed by atoms with Crippen molar-refractivity contribution in [3.63, 3.8) is 0 Å². The van der Waals surface area contributed by atoms with Crippen molar-refractivity contribution >= 4 is 5.91 Å². The quantitative estimate of drug-likeness (QED) is 0.909. The molecule has 1 amide bonds. The Bertz CT molecular complexity index is 557. The van der Waals surface area contributed by atoms with E-state index in [1.807, 2.05) is 39.2 Å². The molecule has 19 heavy (non-hydrogen) atoms. The van der Waals surface area contributed by atoms with E-state index >= 15 is 0 Å². The zero-order valence-electron chi connectivity index (χ0n) is 11.4. The molecule has 100 valence electrons. The second-order valence-corrected chi connectivity index (χ2v) is 4.83. The van der Waals surface area contributed by atoms with Crippen LogP contribution in [0.2, 0.25) is 0 Å². The van der Waals surface area contributed by atoms with Crippen molar-refractivity contribution < 1.29 is 4.79 Å². The van der Waals surface area contributed by atoms with Gasteiger partial charge in [0.15, 0.2) is 0 Å². The van der Waals surface area contributed by atoms with Gasteiger partial charge in [0.2, 0.25) is 5.91 Å². The number of nitrogens with one attached hydrogen (secondary N) is 1. The van der Waals surface area contributed by atoms with Gasteiger partial charge in [-0.1, -0.05) is 19.9 Å². The first-order chi connectivity index (χ1) is 9.06. The minimum absolute atomic E-state index is 0.00243. The lowest BCUT2D eigenvalue weighted by Gasteiger charge is -2.07. The van der Waals surface area contributed by atoms with Crippen molar-refractivity contribution in [3.8, 4) is 11.3 Å². The molecule has 0 saturated carbocycles. The third-order valence-electron chi connectivity index (χ3n) is 2.82. The van der Waals surface area contributed by atoms with E-state index in [1.165, 1.54) is 0 Å². The van der Waals surface area contributed by atoms with Gasteiger partial charge in [0.25, 0.3) is 0 Å². The number of pyridine rings is 1. The lowest BCUT2D eigenvalue weighted by Crippen LogP contribution is -2.27. The van der Waals surface area contributed by atoms with Gasteiger partial charge in [-0.3, -0.25) is 14.5 Å². The minimum atomic E-state index is 0.00243. The molecule has 0 saturated heterocycles. The summed E-state index contributed by atoms with van der Waals surface area (Å²) in [5.41, 5.74) is 2.86. The van der Waals surface area contributed by atoms with Crippen LogP contribution in [0.25, 0.3) is 11.3 Å². The summed E-state index contributed by atoms with van der Waals surface area (Å²) in [6, 6.07) is 3.91. The van der Waals surface area contributed by atoms with Gasteiger partial charge in [0.05, 0.1) is 11.9 Å². The number of carbonyl (C=O) groups is 1. The van der Waals surface area contributed by atoms with Crippen LogP contribution >= 0.6 is 0 Å². The van der Waals surface area contributed by atoms with Crippen molar-refractivity contribution in [1.82, 2.24) is 20.1 Å². The summed E-state index contributed by atoms with van der Waals surface area (Å²) in [5, 5.41) is 6.98. The molecule has 2 rings (SSSR count). The molecule has 0 radical (unpaired) electrons. The van der Waals surface area contributed by atoms with Gasteiger partial charge < -0.3 is 5.32 Å². The van der Waals surface area contributed by atoms with Crippen LogP contribution in [0.1, 0.15) is 19.4 Å². The fourth-order valence-electron chi connectivity index (χ4n) is 1.65. The van der Waals surface area contributed by atoms with Crippen LogP contribution in [0.15, 0.2) is 30.7 Å². The van der Waals surface area contributed by atoms with Crippen LogP contribution in [0, 0.1) is 5.92 Å². The number of rotatable bonds is 4. The molecule has 0 unspecified atom stereocenters. The maximum absolute atomic E-state index is 11.5. The molecule has 5 nitrogen and oxygen atoms in total. The SMILES string of the molecule is CC(C)C(=O)NCc1ccc(-c2cnn(C)c2)nc1. The highest BCUT2D eigenvalue weighted by molar-refractivity contribution is 5.77. The van der Waals surface area contributed by atoms with Gasteiger partial charge in [-0.15, -0.1) is 0 Å². The van der Waals surface area contributed by atoms with Gasteiger partial charge in [0.1, 0.15) is 0 Å². The van der Waals surface area contributed by atoms with Gasteiger partial charge >= 0.3 is 0 Å². The summed E-state index contributed by atoms with van der Waals surface area (Å²) in [7, 11) is 1.87. The molecule has 2 heterocycles. The van der Waals surface area contributed by atoms with E-state index in [0.29, 0.717) is 6.54 Å². The molecular weight excluding hydrogens is 240 g/mol. The van der Waals surface area contributed by atoms with Gasteiger partial charge in [-0.2, -0.15) is 5.10 Å². The highest BCUT2D eigenvalue weighted by Crippen LogP contribution is 2.15. The molecule has 1 N–H and O–H groups in total. The average molecular weight is 258 g/mol. The fraction of sp³-hybridized carbons (Fsp3) is 0.357. The maximum atomic E-state index is 11.5. The molecule has 5 heteroatoms. The normalized spacial score (nSPS) is 10.7.